The van der Waals surface area contributed by atoms with Gasteiger partial charge in [-0.25, -0.2) is 0 Å². The maximum absolute atomic E-state index is 12.6. The molecule has 0 saturated carbocycles. The topological polar surface area (TPSA) is 78.9 Å². The standard InChI is InChI=1S/C20H15N5O/c26-20-18(19-23-10-13-3-1-2-4-15(13)24-19)14-9-12(5-6-16(14)25-20)17-11-21-7-8-22-17/h1-9,11,23-24H,10H2,(H,25,26)/b19-18-. The SMILES string of the molecule is O=C1Nc2ccc(-c3cnccn3)cc2/C1=C1\NCc2ccccc2N1. The highest BCUT2D eigenvalue weighted by Crippen LogP contribution is 2.37. The molecule has 5 rings (SSSR count). The third-order valence-corrected chi connectivity index (χ3v) is 4.61. The zero-order chi connectivity index (χ0) is 17.5. The van der Waals surface area contributed by atoms with Crippen molar-refractivity contribution in [3.8, 4) is 11.3 Å². The lowest BCUT2D eigenvalue weighted by Crippen LogP contribution is -2.28. The third-order valence-electron chi connectivity index (χ3n) is 4.61. The van der Waals surface area contributed by atoms with Crippen LogP contribution in [0.3, 0.4) is 0 Å². The predicted octanol–water partition coefficient (Wildman–Crippen LogP) is 2.98. The smallest absolute Gasteiger partial charge is 0.260 e. The summed E-state index contributed by atoms with van der Waals surface area (Å²) in [4.78, 5) is 21.1. The van der Waals surface area contributed by atoms with Gasteiger partial charge < -0.3 is 16.0 Å². The molecular formula is C20H15N5O. The van der Waals surface area contributed by atoms with E-state index < -0.39 is 0 Å². The molecule has 2 aliphatic heterocycles. The van der Waals surface area contributed by atoms with Crippen LogP contribution < -0.4 is 16.0 Å². The van der Waals surface area contributed by atoms with Crippen LogP contribution in [0, 0.1) is 0 Å². The van der Waals surface area contributed by atoms with Gasteiger partial charge in [0.1, 0.15) is 5.82 Å². The zero-order valence-corrected chi connectivity index (χ0v) is 13.8. The number of rotatable bonds is 1. The Morgan fingerprint density at radius 2 is 1.88 bits per heavy atom. The average molecular weight is 341 g/mol. The Morgan fingerprint density at radius 1 is 0.962 bits per heavy atom. The van der Waals surface area contributed by atoms with Crippen molar-refractivity contribution >= 4 is 22.9 Å². The Kier molecular flexibility index (Phi) is 3.21. The predicted molar refractivity (Wildman–Crippen MR) is 99.9 cm³/mol. The second-order valence-corrected chi connectivity index (χ2v) is 6.19. The number of carbonyl (C=O) groups excluding carboxylic acids is 1. The minimum Gasteiger partial charge on any atom is -0.367 e. The molecule has 3 heterocycles. The van der Waals surface area contributed by atoms with Gasteiger partial charge in [-0.3, -0.25) is 14.8 Å². The summed E-state index contributed by atoms with van der Waals surface area (Å²) in [6.07, 6.45) is 5.02. The molecule has 2 aliphatic rings. The molecule has 0 aliphatic carbocycles. The molecule has 0 saturated heterocycles. The van der Waals surface area contributed by atoms with Gasteiger partial charge >= 0.3 is 0 Å². The van der Waals surface area contributed by atoms with Gasteiger partial charge in [-0.1, -0.05) is 24.3 Å². The van der Waals surface area contributed by atoms with E-state index in [1.54, 1.807) is 18.6 Å². The van der Waals surface area contributed by atoms with Crippen molar-refractivity contribution in [3.05, 3.63) is 78.0 Å². The van der Waals surface area contributed by atoms with Crippen LogP contribution in [-0.4, -0.2) is 15.9 Å². The monoisotopic (exact) mass is 341 g/mol. The molecule has 1 aromatic heterocycles. The Balaban J connectivity index is 1.62. The molecule has 0 atom stereocenters. The molecule has 0 radical (unpaired) electrons. The number of amides is 1. The van der Waals surface area contributed by atoms with Crippen LogP contribution >= 0.6 is 0 Å². The number of anilines is 2. The van der Waals surface area contributed by atoms with E-state index in [1.165, 1.54) is 5.56 Å². The highest BCUT2D eigenvalue weighted by Gasteiger charge is 2.29. The summed E-state index contributed by atoms with van der Waals surface area (Å²) >= 11 is 0. The molecular weight excluding hydrogens is 326 g/mol. The maximum atomic E-state index is 12.6. The minimum absolute atomic E-state index is 0.120. The second-order valence-electron chi connectivity index (χ2n) is 6.19. The second kappa shape index (κ2) is 5.70. The van der Waals surface area contributed by atoms with Gasteiger partial charge in [0.05, 0.1) is 17.5 Å². The van der Waals surface area contributed by atoms with Gasteiger partial charge in [0.25, 0.3) is 5.91 Å². The number of aromatic nitrogens is 2. The van der Waals surface area contributed by atoms with E-state index in [2.05, 4.69) is 32.0 Å². The summed E-state index contributed by atoms with van der Waals surface area (Å²) in [5, 5.41) is 9.61. The zero-order valence-electron chi connectivity index (χ0n) is 13.8. The number of fused-ring (bicyclic) bond motifs is 2. The molecule has 2 aromatic carbocycles. The first-order chi connectivity index (χ1) is 12.8. The number of benzene rings is 2. The van der Waals surface area contributed by atoms with E-state index in [9.17, 15) is 4.79 Å². The summed E-state index contributed by atoms with van der Waals surface area (Å²) in [5.74, 6) is 0.599. The molecule has 0 bridgehead atoms. The summed E-state index contributed by atoms with van der Waals surface area (Å²) in [6, 6.07) is 13.9. The van der Waals surface area contributed by atoms with Crippen LogP contribution in [0.15, 0.2) is 66.9 Å². The number of hydrogen-bond acceptors (Lipinski definition) is 5. The van der Waals surface area contributed by atoms with Crippen molar-refractivity contribution in [1.82, 2.24) is 15.3 Å². The normalized spacial score (nSPS) is 17.6. The summed E-state index contributed by atoms with van der Waals surface area (Å²) < 4.78 is 0. The minimum atomic E-state index is -0.120. The first-order valence-corrected chi connectivity index (χ1v) is 8.35. The lowest BCUT2D eigenvalue weighted by molar-refractivity contribution is -0.110. The number of nitrogens with zero attached hydrogens (tertiary/aromatic N) is 2. The molecule has 126 valence electrons. The maximum Gasteiger partial charge on any atom is 0.260 e. The van der Waals surface area contributed by atoms with Crippen LogP contribution in [0.25, 0.3) is 16.8 Å². The van der Waals surface area contributed by atoms with E-state index in [4.69, 9.17) is 0 Å². The summed E-state index contributed by atoms with van der Waals surface area (Å²) in [5.41, 5.74) is 6.14. The summed E-state index contributed by atoms with van der Waals surface area (Å²) in [7, 11) is 0. The summed E-state index contributed by atoms with van der Waals surface area (Å²) in [6.45, 7) is 0.675. The van der Waals surface area contributed by atoms with Crippen LogP contribution in [0.4, 0.5) is 11.4 Å². The fraction of sp³-hybridized carbons (Fsp3) is 0.0500. The van der Waals surface area contributed by atoms with E-state index in [0.717, 1.165) is 34.0 Å². The van der Waals surface area contributed by atoms with Gasteiger partial charge in [0.2, 0.25) is 0 Å². The Labute approximate surface area is 150 Å². The Hall–Kier alpha value is -3.67. The van der Waals surface area contributed by atoms with Gasteiger partial charge in [-0.15, -0.1) is 0 Å². The molecule has 1 amide bonds. The number of hydrogen-bond donors (Lipinski definition) is 3. The van der Waals surface area contributed by atoms with E-state index in [1.807, 2.05) is 36.4 Å². The van der Waals surface area contributed by atoms with E-state index >= 15 is 0 Å². The largest absolute Gasteiger partial charge is 0.367 e. The van der Waals surface area contributed by atoms with Crippen LogP contribution in [-0.2, 0) is 11.3 Å². The molecule has 26 heavy (non-hydrogen) atoms. The lowest BCUT2D eigenvalue weighted by atomic mass is 10.0. The van der Waals surface area contributed by atoms with Gasteiger partial charge in [-0.2, -0.15) is 0 Å². The van der Waals surface area contributed by atoms with Crippen molar-refractivity contribution < 1.29 is 4.79 Å². The van der Waals surface area contributed by atoms with Crippen molar-refractivity contribution in [1.29, 1.82) is 0 Å². The molecule has 3 aromatic rings. The van der Waals surface area contributed by atoms with Gasteiger partial charge in [0, 0.05) is 41.4 Å². The van der Waals surface area contributed by atoms with Crippen LogP contribution in [0.1, 0.15) is 11.1 Å². The first-order valence-electron chi connectivity index (χ1n) is 8.35. The fourth-order valence-electron chi connectivity index (χ4n) is 3.33. The van der Waals surface area contributed by atoms with Crippen molar-refractivity contribution in [2.75, 3.05) is 10.6 Å². The molecule has 0 unspecified atom stereocenters. The molecule has 6 heteroatoms. The van der Waals surface area contributed by atoms with Crippen molar-refractivity contribution in [2.24, 2.45) is 0 Å². The van der Waals surface area contributed by atoms with Gasteiger partial charge in [-0.05, 0) is 23.8 Å². The molecule has 3 N–H and O–H groups in total. The number of nitrogens with one attached hydrogen (secondary N) is 3. The molecule has 0 spiro atoms. The first kappa shape index (κ1) is 14.7. The number of carbonyl (C=O) groups is 1. The van der Waals surface area contributed by atoms with Gasteiger partial charge in [0.15, 0.2) is 0 Å². The highest BCUT2D eigenvalue weighted by atomic mass is 16.2. The molecule has 6 nitrogen and oxygen atoms in total. The van der Waals surface area contributed by atoms with E-state index in [0.29, 0.717) is 12.1 Å². The van der Waals surface area contributed by atoms with E-state index in [-0.39, 0.29) is 5.91 Å². The third kappa shape index (κ3) is 2.31. The van der Waals surface area contributed by atoms with Crippen molar-refractivity contribution in [2.45, 2.75) is 6.54 Å². The van der Waals surface area contributed by atoms with Crippen LogP contribution in [0.5, 0.6) is 0 Å². The molecule has 0 fully saturated rings. The Bertz CT molecular complexity index is 1060. The highest BCUT2D eigenvalue weighted by molar-refractivity contribution is 6.32. The van der Waals surface area contributed by atoms with Crippen molar-refractivity contribution in [3.63, 3.8) is 0 Å². The lowest BCUT2D eigenvalue weighted by Gasteiger charge is -2.24. The Morgan fingerprint density at radius 3 is 2.77 bits per heavy atom. The van der Waals surface area contributed by atoms with Crippen LogP contribution in [0.2, 0.25) is 0 Å². The fourth-order valence-corrected chi connectivity index (χ4v) is 3.33. The number of para-hydroxylation sites is 1. The quantitative estimate of drug-likeness (QED) is 0.593. The average Bonchev–Trinajstić information content (AvgIpc) is 3.03.